The van der Waals surface area contributed by atoms with Gasteiger partial charge < -0.3 is 5.32 Å². The molecule has 0 saturated carbocycles. The molecule has 1 aliphatic heterocycles. The molecule has 2 aromatic rings. The van der Waals surface area contributed by atoms with Gasteiger partial charge in [-0.3, -0.25) is 9.69 Å². The zero-order chi connectivity index (χ0) is 17.8. The molecular formula is C21H23N3O. The van der Waals surface area contributed by atoms with Gasteiger partial charge in [0.05, 0.1) is 11.6 Å². The van der Waals surface area contributed by atoms with E-state index in [1.54, 1.807) is 6.92 Å². The molecule has 1 amide bonds. The first-order valence-corrected chi connectivity index (χ1v) is 8.61. The monoisotopic (exact) mass is 333 g/mol. The van der Waals surface area contributed by atoms with Crippen LogP contribution in [0.15, 0.2) is 48.5 Å². The van der Waals surface area contributed by atoms with E-state index in [9.17, 15) is 10.1 Å². The summed E-state index contributed by atoms with van der Waals surface area (Å²) >= 11 is 0. The summed E-state index contributed by atoms with van der Waals surface area (Å²) in [5, 5.41) is 12.4. The number of nitriles is 1. The fourth-order valence-corrected chi connectivity index (χ4v) is 3.58. The Kier molecular flexibility index (Phi) is 5.16. The molecule has 1 N–H and O–H groups in total. The topological polar surface area (TPSA) is 56.1 Å². The van der Waals surface area contributed by atoms with Crippen LogP contribution in [-0.4, -0.2) is 29.9 Å². The van der Waals surface area contributed by atoms with Gasteiger partial charge in [0.2, 0.25) is 5.91 Å². The first-order valence-electron chi connectivity index (χ1n) is 8.61. The minimum Gasteiger partial charge on any atom is -0.352 e. The van der Waals surface area contributed by atoms with Crippen molar-refractivity contribution in [3.63, 3.8) is 0 Å². The minimum absolute atomic E-state index is 0.00128. The number of amides is 1. The SMILES string of the molecule is CC(=O)N[C@@H]1CN(Cc2ccccc2C#N)C[C@H]1c1ccc(C)cc1. The third kappa shape index (κ3) is 4.07. The Morgan fingerprint density at radius 2 is 1.92 bits per heavy atom. The predicted molar refractivity (Wildman–Crippen MR) is 98.0 cm³/mol. The lowest BCUT2D eigenvalue weighted by Gasteiger charge is -2.19. The van der Waals surface area contributed by atoms with Gasteiger partial charge >= 0.3 is 0 Å². The van der Waals surface area contributed by atoms with Crippen molar-refractivity contribution in [2.45, 2.75) is 32.4 Å². The third-order valence-corrected chi connectivity index (χ3v) is 4.82. The molecule has 128 valence electrons. The number of benzene rings is 2. The molecule has 4 nitrogen and oxygen atoms in total. The van der Waals surface area contributed by atoms with E-state index in [2.05, 4.69) is 47.5 Å². The largest absolute Gasteiger partial charge is 0.352 e. The number of nitrogens with one attached hydrogen (secondary N) is 1. The second-order valence-corrected chi connectivity index (χ2v) is 6.79. The standard InChI is InChI=1S/C21H23N3O/c1-15-7-9-17(10-8-15)20-13-24(14-21(20)23-16(2)25)12-19-6-4-3-5-18(19)11-22/h3-10,20-21H,12-14H2,1-2H3,(H,23,25)/t20-,21+/m0/s1. The number of hydrogen-bond acceptors (Lipinski definition) is 3. The molecule has 0 aliphatic carbocycles. The normalized spacial score (nSPS) is 20.2. The summed E-state index contributed by atoms with van der Waals surface area (Å²) in [4.78, 5) is 13.9. The number of hydrogen-bond donors (Lipinski definition) is 1. The zero-order valence-corrected chi connectivity index (χ0v) is 14.7. The van der Waals surface area contributed by atoms with Crippen molar-refractivity contribution in [1.29, 1.82) is 5.26 Å². The summed E-state index contributed by atoms with van der Waals surface area (Å²) in [5.41, 5.74) is 4.24. The summed E-state index contributed by atoms with van der Waals surface area (Å²) < 4.78 is 0. The summed E-state index contributed by atoms with van der Waals surface area (Å²) in [6.07, 6.45) is 0. The van der Waals surface area contributed by atoms with Crippen molar-refractivity contribution in [2.75, 3.05) is 13.1 Å². The van der Waals surface area contributed by atoms with E-state index in [0.29, 0.717) is 0 Å². The molecular weight excluding hydrogens is 310 g/mol. The van der Waals surface area contributed by atoms with Crippen LogP contribution in [0.4, 0.5) is 0 Å². The molecule has 0 radical (unpaired) electrons. The van der Waals surface area contributed by atoms with Gasteiger partial charge in [0.25, 0.3) is 0 Å². The highest BCUT2D eigenvalue weighted by molar-refractivity contribution is 5.73. The van der Waals surface area contributed by atoms with E-state index in [1.165, 1.54) is 11.1 Å². The maximum absolute atomic E-state index is 11.6. The number of likely N-dealkylation sites (tertiary alicyclic amines) is 1. The van der Waals surface area contributed by atoms with Crippen LogP contribution in [0.5, 0.6) is 0 Å². The van der Waals surface area contributed by atoms with Crippen LogP contribution >= 0.6 is 0 Å². The molecule has 4 heteroatoms. The van der Waals surface area contributed by atoms with E-state index in [4.69, 9.17) is 0 Å². The molecule has 2 aromatic carbocycles. The fraction of sp³-hybridized carbons (Fsp3) is 0.333. The molecule has 0 spiro atoms. The highest BCUT2D eigenvalue weighted by Gasteiger charge is 2.34. The molecule has 1 fully saturated rings. The quantitative estimate of drug-likeness (QED) is 0.936. The van der Waals surface area contributed by atoms with Gasteiger partial charge in [-0.15, -0.1) is 0 Å². The zero-order valence-electron chi connectivity index (χ0n) is 14.7. The van der Waals surface area contributed by atoms with Crippen molar-refractivity contribution in [1.82, 2.24) is 10.2 Å². The highest BCUT2D eigenvalue weighted by Crippen LogP contribution is 2.29. The second-order valence-electron chi connectivity index (χ2n) is 6.79. The lowest BCUT2D eigenvalue weighted by molar-refractivity contribution is -0.119. The van der Waals surface area contributed by atoms with Crippen LogP contribution in [0.3, 0.4) is 0 Å². The summed E-state index contributed by atoms with van der Waals surface area (Å²) in [6.45, 7) is 6.03. The molecule has 2 atom stereocenters. The Labute approximate surface area is 149 Å². The molecule has 25 heavy (non-hydrogen) atoms. The van der Waals surface area contributed by atoms with Crippen LogP contribution in [0.2, 0.25) is 0 Å². The first kappa shape index (κ1) is 17.2. The van der Waals surface area contributed by atoms with Gasteiger partial charge in [-0.1, -0.05) is 48.0 Å². The lowest BCUT2D eigenvalue weighted by Crippen LogP contribution is -2.38. The summed E-state index contributed by atoms with van der Waals surface area (Å²) in [7, 11) is 0. The molecule has 0 aromatic heterocycles. The smallest absolute Gasteiger partial charge is 0.217 e. The van der Waals surface area contributed by atoms with Crippen molar-refractivity contribution < 1.29 is 4.79 Å². The number of carbonyl (C=O) groups is 1. The van der Waals surface area contributed by atoms with Crippen LogP contribution < -0.4 is 5.32 Å². The van der Waals surface area contributed by atoms with Gasteiger partial charge in [0, 0.05) is 38.5 Å². The van der Waals surface area contributed by atoms with E-state index in [-0.39, 0.29) is 17.9 Å². The van der Waals surface area contributed by atoms with E-state index in [0.717, 1.165) is 30.8 Å². The molecule has 1 saturated heterocycles. The number of nitrogens with zero attached hydrogens (tertiary/aromatic N) is 2. The predicted octanol–water partition coefficient (Wildman–Crippen LogP) is 2.97. The van der Waals surface area contributed by atoms with Crippen molar-refractivity contribution in [3.05, 3.63) is 70.8 Å². The van der Waals surface area contributed by atoms with Crippen molar-refractivity contribution >= 4 is 5.91 Å². The first-order chi connectivity index (χ1) is 12.1. The summed E-state index contributed by atoms with van der Waals surface area (Å²) in [6, 6.07) is 18.6. The maximum Gasteiger partial charge on any atom is 0.217 e. The van der Waals surface area contributed by atoms with Crippen molar-refractivity contribution in [3.8, 4) is 6.07 Å². The van der Waals surface area contributed by atoms with E-state index < -0.39 is 0 Å². The average Bonchev–Trinajstić information content (AvgIpc) is 2.97. The Hall–Kier alpha value is -2.64. The molecule has 1 aliphatic rings. The molecule has 3 rings (SSSR count). The Balaban J connectivity index is 1.80. The minimum atomic E-state index is 0.00128. The van der Waals surface area contributed by atoms with E-state index >= 15 is 0 Å². The van der Waals surface area contributed by atoms with E-state index in [1.807, 2.05) is 24.3 Å². The van der Waals surface area contributed by atoms with Gasteiger partial charge in [-0.05, 0) is 24.1 Å². The van der Waals surface area contributed by atoms with Crippen LogP contribution in [-0.2, 0) is 11.3 Å². The number of aryl methyl sites for hydroxylation is 1. The lowest BCUT2D eigenvalue weighted by atomic mass is 9.93. The Morgan fingerprint density at radius 1 is 1.20 bits per heavy atom. The van der Waals surface area contributed by atoms with Gasteiger partial charge in [-0.2, -0.15) is 5.26 Å². The molecule has 0 unspecified atom stereocenters. The number of rotatable bonds is 4. The molecule has 1 heterocycles. The second kappa shape index (κ2) is 7.50. The van der Waals surface area contributed by atoms with Gasteiger partial charge in [0.15, 0.2) is 0 Å². The van der Waals surface area contributed by atoms with Gasteiger partial charge in [-0.25, -0.2) is 0 Å². The van der Waals surface area contributed by atoms with Crippen LogP contribution in [0.1, 0.15) is 35.1 Å². The van der Waals surface area contributed by atoms with Crippen LogP contribution in [0, 0.1) is 18.3 Å². The molecule has 0 bridgehead atoms. The highest BCUT2D eigenvalue weighted by atomic mass is 16.1. The number of carbonyl (C=O) groups excluding carboxylic acids is 1. The Morgan fingerprint density at radius 3 is 2.60 bits per heavy atom. The van der Waals surface area contributed by atoms with Crippen LogP contribution in [0.25, 0.3) is 0 Å². The van der Waals surface area contributed by atoms with Crippen molar-refractivity contribution in [2.24, 2.45) is 0 Å². The summed E-state index contributed by atoms with van der Waals surface area (Å²) in [5.74, 6) is 0.264. The third-order valence-electron chi connectivity index (χ3n) is 4.82. The Bertz CT molecular complexity index is 792. The average molecular weight is 333 g/mol. The fourth-order valence-electron chi connectivity index (χ4n) is 3.58. The maximum atomic E-state index is 11.6. The van der Waals surface area contributed by atoms with Gasteiger partial charge in [0.1, 0.15) is 0 Å².